The molecule has 0 N–H and O–H groups in total. The molecule has 0 bridgehead atoms. The van der Waals surface area contributed by atoms with Gasteiger partial charge in [-0.15, -0.1) is 0 Å². The fraction of sp³-hybridized carbons (Fsp3) is 0.524. The van der Waals surface area contributed by atoms with Crippen LogP contribution in [-0.2, 0) is 6.42 Å². The molecule has 0 aliphatic carbocycles. The first-order chi connectivity index (χ1) is 10.7. The second kappa shape index (κ2) is 11.1. The highest BCUT2D eigenvalue weighted by atomic mass is 16.5. The van der Waals surface area contributed by atoms with E-state index in [0.29, 0.717) is 0 Å². The van der Waals surface area contributed by atoms with E-state index < -0.39 is 0 Å². The summed E-state index contributed by atoms with van der Waals surface area (Å²) < 4.78 is 5.78. The average Bonchev–Trinajstić information content (AvgIpc) is 2.56. The standard InChI is InChI=1S/C21H32O/c1-5-19(6-2)12-8-10-18(4)11-9-17-22-21-15-13-20(7-3)14-16-21/h11-16H,5-10,17H2,1-4H3. The molecule has 0 heterocycles. The van der Waals surface area contributed by atoms with Crippen LogP contribution >= 0.6 is 0 Å². The van der Waals surface area contributed by atoms with Crippen molar-refractivity contribution in [1.29, 1.82) is 0 Å². The Kier molecular flexibility index (Phi) is 9.37. The number of benzene rings is 1. The van der Waals surface area contributed by atoms with Gasteiger partial charge in [-0.25, -0.2) is 0 Å². The van der Waals surface area contributed by atoms with Gasteiger partial charge in [0.1, 0.15) is 5.75 Å². The minimum Gasteiger partial charge on any atom is -0.493 e. The summed E-state index contributed by atoms with van der Waals surface area (Å²) in [6.45, 7) is 9.63. The Labute approximate surface area is 137 Å². The Morgan fingerprint density at radius 1 is 0.955 bits per heavy atom. The van der Waals surface area contributed by atoms with E-state index in [1.165, 1.54) is 30.4 Å². The predicted molar refractivity (Wildman–Crippen MR) is 97.6 cm³/mol. The van der Waals surface area contributed by atoms with Gasteiger partial charge in [-0.2, -0.15) is 0 Å². The fourth-order valence-electron chi connectivity index (χ4n) is 2.45. The van der Waals surface area contributed by atoms with Crippen LogP contribution in [0.15, 0.2) is 47.6 Å². The second-order valence-electron chi connectivity index (χ2n) is 5.79. The molecule has 0 radical (unpaired) electrons. The smallest absolute Gasteiger partial charge is 0.119 e. The molecule has 0 aromatic heterocycles. The number of allylic oxidation sites excluding steroid dienone is 3. The molecule has 1 nitrogen and oxygen atoms in total. The van der Waals surface area contributed by atoms with Crippen LogP contribution in [0.1, 0.15) is 65.4 Å². The van der Waals surface area contributed by atoms with E-state index in [9.17, 15) is 0 Å². The van der Waals surface area contributed by atoms with Gasteiger partial charge in [0.2, 0.25) is 0 Å². The van der Waals surface area contributed by atoms with E-state index in [2.05, 4.69) is 64.1 Å². The highest BCUT2D eigenvalue weighted by molar-refractivity contribution is 5.27. The maximum absolute atomic E-state index is 5.78. The molecule has 0 fully saturated rings. The molecule has 0 aliphatic heterocycles. The maximum atomic E-state index is 5.78. The molecule has 0 saturated heterocycles. The van der Waals surface area contributed by atoms with Crippen LogP contribution in [0, 0.1) is 0 Å². The third-order valence-corrected chi connectivity index (χ3v) is 4.09. The van der Waals surface area contributed by atoms with E-state index in [0.717, 1.165) is 31.6 Å². The summed E-state index contributed by atoms with van der Waals surface area (Å²) in [5, 5.41) is 0. The number of ether oxygens (including phenoxy) is 1. The Morgan fingerprint density at radius 3 is 2.23 bits per heavy atom. The van der Waals surface area contributed by atoms with Crippen LogP contribution in [-0.4, -0.2) is 6.61 Å². The molecule has 0 atom stereocenters. The molecule has 0 saturated carbocycles. The number of hydrogen-bond acceptors (Lipinski definition) is 1. The largest absolute Gasteiger partial charge is 0.493 e. The first-order valence-corrected chi connectivity index (χ1v) is 8.74. The van der Waals surface area contributed by atoms with Gasteiger partial charge in [0.05, 0.1) is 6.61 Å². The summed E-state index contributed by atoms with van der Waals surface area (Å²) in [7, 11) is 0. The summed E-state index contributed by atoms with van der Waals surface area (Å²) in [5.74, 6) is 0.974. The Bertz CT molecular complexity index is 459. The van der Waals surface area contributed by atoms with Crippen LogP contribution < -0.4 is 4.74 Å². The summed E-state index contributed by atoms with van der Waals surface area (Å²) in [5.41, 5.74) is 4.40. The van der Waals surface area contributed by atoms with Crippen LogP contribution in [0.4, 0.5) is 0 Å². The van der Waals surface area contributed by atoms with Gasteiger partial charge in [-0.1, -0.05) is 56.2 Å². The van der Waals surface area contributed by atoms with Gasteiger partial charge in [0.15, 0.2) is 0 Å². The lowest BCUT2D eigenvalue weighted by molar-refractivity contribution is 0.324. The summed E-state index contributed by atoms with van der Waals surface area (Å²) >= 11 is 0. The van der Waals surface area contributed by atoms with Gasteiger partial charge < -0.3 is 4.74 Å². The van der Waals surface area contributed by atoms with E-state index in [4.69, 9.17) is 4.74 Å². The first-order valence-electron chi connectivity index (χ1n) is 8.74. The van der Waals surface area contributed by atoms with Crippen LogP contribution in [0.3, 0.4) is 0 Å². The lowest BCUT2D eigenvalue weighted by atomic mass is 10.1. The molecule has 0 spiro atoms. The first kappa shape index (κ1) is 18.5. The normalized spacial score (nSPS) is 11.4. The zero-order chi connectivity index (χ0) is 16.2. The molecule has 0 amide bonds. The predicted octanol–water partition coefficient (Wildman–Crippen LogP) is 6.49. The topological polar surface area (TPSA) is 9.23 Å². The third-order valence-electron chi connectivity index (χ3n) is 4.09. The van der Waals surface area contributed by atoms with Crippen molar-refractivity contribution in [3.63, 3.8) is 0 Å². The fourth-order valence-corrected chi connectivity index (χ4v) is 2.45. The molecule has 22 heavy (non-hydrogen) atoms. The molecule has 1 aromatic rings. The number of rotatable bonds is 10. The lowest BCUT2D eigenvalue weighted by Gasteiger charge is -2.06. The molecular formula is C21H32O. The highest BCUT2D eigenvalue weighted by Gasteiger charge is 1.95. The molecule has 1 heteroatoms. The van der Waals surface area contributed by atoms with Gasteiger partial charge >= 0.3 is 0 Å². The zero-order valence-corrected chi connectivity index (χ0v) is 14.8. The molecule has 122 valence electrons. The van der Waals surface area contributed by atoms with Crippen molar-refractivity contribution < 1.29 is 4.74 Å². The minimum absolute atomic E-state index is 0.758. The van der Waals surface area contributed by atoms with Crippen molar-refractivity contribution in [3.05, 3.63) is 53.1 Å². The summed E-state index contributed by atoms with van der Waals surface area (Å²) in [4.78, 5) is 0. The SMILES string of the molecule is CCC(=CCCC(C)=CCCOc1ccc(CC)cc1)CC. The van der Waals surface area contributed by atoms with E-state index in [1.807, 2.05) is 0 Å². The van der Waals surface area contributed by atoms with E-state index in [1.54, 1.807) is 5.57 Å². The van der Waals surface area contributed by atoms with Gasteiger partial charge in [0, 0.05) is 0 Å². The minimum atomic E-state index is 0.758. The Morgan fingerprint density at radius 2 is 1.64 bits per heavy atom. The zero-order valence-electron chi connectivity index (χ0n) is 14.8. The van der Waals surface area contributed by atoms with Crippen LogP contribution in [0.25, 0.3) is 0 Å². The number of aryl methyl sites for hydroxylation is 1. The molecule has 0 unspecified atom stereocenters. The van der Waals surface area contributed by atoms with Gasteiger partial charge in [0.25, 0.3) is 0 Å². The van der Waals surface area contributed by atoms with Crippen molar-refractivity contribution in [2.24, 2.45) is 0 Å². The van der Waals surface area contributed by atoms with Crippen LogP contribution in [0.5, 0.6) is 5.75 Å². The maximum Gasteiger partial charge on any atom is 0.119 e. The monoisotopic (exact) mass is 300 g/mol. The van der Waals surface area contributed by atoms with Crippen molar-refractivity contribution in [2.45, 2.75) is 66.2 Å². The van der Waals surface area contributed by atoms with E-state index in [-0.39, 0.29) is 0 Å². The van der Waals surface area contributed by atoms with Crippen LogP contribution in [0.2, 0.25) is 0 Å². The molecular weight excluding hydrogens is 268 g/mol. The van der Waals surface area contributed by atoms with Gasteiger partial charge in [-0.05, 0) is 63.1 Å². The molecule has 0 aliphatic rings. The molecule has 1 rings (SSSR count). The summed E-state index contributed by atoms with van der Waals surface area (Å²) in [6.07, 6.45) is 11.5. The number of hydrogen-bond donors (Lipinski definition) is 0. The lowest BCUT2D eigenvalue weighted by Crippen LogP contribution is -1.96. The van der Waals surface area contributed by atoms with Crippen molar-refractivity contribution in [2.75, 3.05) is 6.61 Å². The van der Waals surface area contributed by atoms with Gasteiger partial charge in [-0.3, -0.25) is 0 Å². The van der Waals surface area contributed by atoms with Crippen molar-refractivity contribution in [3.8, 4) is 5.75 Å². The highest BCUT2D eigenvalue weighted by Crippen LogP contribution is 2.14. The Hall–Kier alpha value is -1.50. The molecule has 1 aromatic carbocycles. The van der Waals surface area contributed by atoms with Crippen molar-refractivity contribution >= 4 is 0 Å². The quantitative estimate of drug-likeness (QED) is 0.354. The third kappa shape index (κ3) is 7.49. The Balaban J connectivity index is 2.25. The van der Waals surface area contributed by atoms with Crippen molar-refractivity contribution in [1.82, 2.24) is 0 Å². The second-order valence-corrected chi connectivity index (χ2v) is 5.79. The average molecular weight is 300 g/mol. The summed E-state index contributed by atoms with van der Waals surface area (Å²) in [6, 6.07) is 8.41. The van der Waals surface area contributed by atoms with E-state index >= 15 is 0 Å².